The van der Waals surface area contributed by atoms with E-state index in [4.69, 9.17) is 10.5 Å². The highest BCUT2D eigenvalue weighted by Gasteiger charge is 2.38. The summed E-state index contributed by atoms with van der Waals surface area (Å²) in [6.45, 7) is 3.16. The summed E-state index contributed by atoms with van der Waals surface area (Å²) in [5.41, 5.74) is -2.56. The number of nitriles is 2. The zero-order chi connectivity index (χ0) is 14.7. The molecule has 1 aromatic rings. The van der Waals surface area contributed by atoms with Crippen LogP contribution in [0.2, 0.25) is 0 Å². The maximum atomic E-state index is 12.6. The van der Waals surface area contributed by atoms with Crippen LogP contribution in [0.3, 0.4) is 0 Å². The van der Waals surface area contributed by atoms with Crippen molar-refractivity contribution in [3.63, 3.8) is 0 Å². The number of aromatic nitrogens is 2. The number of halogens is 4. The van der Waals surface area contributed by atoms with Gasteiger partial charge in [-0.05, 0) is 22.4 Å². The number of hydrogen-bond acceptors (Lipinski definition) is 3. The Balaban J connectivity index is 3.11. The van der Waals surface area contributed by atoms with Gasteiger partial charge in [-0.15, -0.1) is 6.58 Å². The summed E-state index contributed by atoms with van der Waals surface area (Å²) in [5.74, 6) is 0. The first kappa shape index (κ1) is 15.3. The van der Waals surface area contributed by atoms with Gasteiger partial charge in [0, 0.05) is 6.20 Å². The summed E-state index contributed by atoms with van der Waals surface area (Å²) in [4.78, 5) is 0. The van der Waals surface area contributed by atoms with Crippen molar-refractivity contribution in [3.8, 4) is 12.1 Å². The number of nitrogens with zero attached hydrogens (tertiary/aromatic N) is 4. The van der Waals surface area contributed by atoms with Crippen LogP contribution in [0.25, 0.3) is 0 Å². The van der Waals surface area contributed by atoms with Crippen LogP contribution in [-0.4, -0.2) is 9.78 Å². The third-order valence-electron chi connectivity index (χ3n) is 2.34. The Morgan fingerprint density at radius 3 is 2.37 bits per heavy atom. The summed E-state index contributed by atoms with van der Waals surface area (Å²) < 4.78 is 38.4. The molecule has 0 aromatic carbocycles. The molecule has 0 fully saturated rings. The van der Waals surface area contributed by atoms with Crippen LogP contribution in [0.15, 0.2) is 23.3 Å². The fourth-order valence-electron chi connectivity index (χ4n) is 1.44. The predicted octanol–water partition coefficient (Wildman–Crippen LogP) is 3.27. The van der Waals surface area contributed by atoms with Crippen molar-refractivity contribution in [1.82, 2.24) is 9.78 Å². The van der Waals surface area contributed by atoms with Gasteiger partial charge in [-0.3, -0.25) is 4.68 Å². The van der Waals surface area contributed by atoms with Gasteiger partial charge in [0.2, 0.25) is 0 Å². The van der Waals surface area contributed by atoms with E-state index < -0.39 is 17.3 Å². The fraction of sp³-hybridized carbons (Fsp3) is 0.364. The lowest BCUT2D eigenvalue weighted by atomic mass is 9.88. The predicted molar refractivity (Wildman–Crippen MR) is 63.4 cm³/mol. The van der Waals surface area contributed by atoms with E-state index in [0.29, 0.717) is 0 Å². The molecule has 1 aromatic heterocycles. The van der Waals surface area contributed by atoms with E-state index in [1.807, 2.05) is 0 Å². The number of allylic oxidation sites excluding steroid dienone is 1. The Labute approximate surface area is 115 Å². The number of hydrogen-bond donors (Lipinski definition) is 0. The Bertz CT molecular complexity index is 548. The fourth-order valence-corrected chi connectivity index (χ4v) is 1.99. The minimum Gasteiger partial charge on any atom is -0.268 e. The van der Waals surface area contributed by atoms with E-state index in [9.17, 15) is 13.2 Å². The van der Waals surface area contributed by atoms with Gasteiger partial charge in [-0.1, -0.05) is 6.08 Å². The first-order valence-electron chi connectivity index (χ1n) is 5.01. The lowest BCUT2D eigenvalue weighted by Gasteiger charge is -2.16. The molecule has 0 aliphatic carbocycles. The Morgan fingerprint density at radius 2 is 2.00 bits per heavy atom. The van der Waals surface area contributed by atoms with Gasteiger partial charge in [-0.2, -0.15) is 28.8 Å². The number of rotatable bonds is 4. The molecule has 1 heterocycles. The molecule has 1 rings (SSSR count). The quantitative estimate of drug-likeness (QED) is 0.795. The molecule has 0 spiro atoms. The maximum absolute atomic E-state index is 12.6. The molecule has 0 N–H and O–H groups in total. The van der Waals surface area contributed by atoms with Gasteiger partial charge in [0.15, 0.2) is 11.1 Å². The molecule has 0 saturated heterocycles. The molecule has 100 valence electrons. The third kappa shape index (κ3) is 3.36. The zero-order valence-electron chi connectivity index (χ0n) is 9.58. The van der Waals surface area contributed by atoms with Crippen molar-refractivity contribution >= 4 is 15.9 Å². The molecular formula is C11H8BrF3N4. The van der Waals surface area contributed by atoms with E-state index in [2.05, 4.69) is 27.6 Å². The molecule has 0 aliphatic heterocycles. The van der Waals surface area contributed by atoms with Gasteiger partial charge in [0.25, 0.3) is 0 Å². The normalized spacial score (nSPS) is 11.7. The molecule has 19 heavy (non-hydrogen) atoms. The minimum atomic E-state index is -4.59. The first-order valence-corrected chi connectivity index (χ1v) is 5.81. The summed E-state index contributed by atoms with van der Waals surface area (Å²) in [6.07, 6.45) is -2.09. The summed E-state index contributed by atoms with van der Waals surface area (Å²) in [7, 11) is 0. The SMILES string of the molecule is C=CCC(C#N)(C#N)Cn1cc(Br)c(C(F)(F)F)n1. The van der Waals surface area contributed by atoms with E-state index in [-0.39, 0.29) is 17.4 Å². The zero-order valence-corrected chi connectivity index (χ0v) is 11.2. The summed E-state index contributed by atoms with van der Waals surface area (Å²) in [6, 6.07) is 3.58. The van der Waals surface area contributed by atoms with Gasteiger partial charge in [0.05, 0.1) is 23.2 Å². The van der Waals surface area contributed by atoms with Crippen LogP contribution < -0.4 is 0 Å². The van der Waals surface area contributed by atoms with Crippen molar-refractivity contribution in [3.05, 3.63) is 29.0 Å². The highest BCUT2D eigenvalue weighted by atomic mass is 79.9. The molecule has 8 heteroatoms. The molecule has 0 atom stereocenters. The first-order chi connectivity index (χ1) is 8.78. The van der Waals surface area contributed by atoms with Crippen molar-refractivity contribution in [2.45, 2.75) is 19.1 Å². The average molecular weight is 333 g/mol. The summed E-state index contributed by atoms with van der Waals surface area (Å²) >= 11 is 2.75. The van der Waals surface area contributed by atoms with Crippen LogP contribution in [0, 0.1) is 28.1 Å². The second kappa shape index (κ2) is 5.45. The van der Waals surface area contributed by atoms with Gasteiger partial charge in [-0.25, -0.2) is 0 Å². The van der Waals surface area contributed by atoms with E-state index in [1.165, 1.54) is 6.08 Å². The van der Waals surface area contributed by atoms with Crippen LogP contribution in [0.5, 0.6) is 0 Å². The van der Waals surface area contributed by atoms with Gasteiger partial charge < -0.3 is 0 Å². The van der Waals surface area contributed by atoms with Crippen LogP contribution in [-0.2, 0) is 12.7 Å². The van der Waals surface area contributed by atoms with Crippen molar-refractivity contribution < 1.29 is 13.2 Å². The van der Waals surface area contributed by atoms with Crippen LogP contribution in [0.4, 0.5) is 13.2 Å². The maximum Gasteiger partial charge on any atom is 0.436 e. The second-order valence-electron chi connectivity index (χ2n) is 3.82. The van der Waals surface area contributed by atoms with E-state index in [0.717, 1.165) is 10.9 Å². The Kier molecular flexibility index (Phi) is 4.38. The molecule has 0 saturated carbocycles. The molecule has 0 bridgehead atoms. The van der Waals surface area contributed by atoms with Gasteiger partial charge >= 0.3 is 6.18 Å². The molecule has 0 aliphatic rings. The van der Waals surface area contributed by atoms with E-state index in [1.54, 1.807) is 12.1 Å². The molecule has 4 nitrogen and oxygen atoms in total. The van der Waals surface area contributed by atoms with Crippen molar-refractivity contribution in [1.29, 1.82) is 10.5 Å². The Hall–Kier alpha value is -1.80. The van der Waals surface area contributed by atoms with Crippen molar-refractivity contribution in [2.24, 2.45) is 5.41 Å². The highest BCUT2D eigenvalue weighted by Crippen LogP contribution is 2.34. The minimum absolute atomic E-state index is 0.0405. The van der Waals surface area contributed by atoms with Crippen LogP contribution in [0.1, 0.15) is 12.1 Å². The molecular weight excluding hydrogens is 325 g/mol. The van der Waals surface area contributed by atoms with Crippen LogP contribution >= 0.6 is 15.9 Å². The smallest absolute Gasteiger partial charge is 0.268 e. The Morgan fingerprint density at radius 1 is 1.42 bits per heavy atom. The van der Waals surface area contributed by atoms with Gasteiger partial charge in [0.1, 0.15) is 0 Å². The molecule has 0 radical (unpaired) electrons. The van der Waals surface area contributed by atoms with E-state index >= 15 is 0 Å². The highest BCUT2D eigenvalue weighted by molar-refractivity contribution is 9.10. The van der Waals surface area contributed by atoms with Crippen molar-refractivity contribution in [2.75, 3.05) is 0 Å². The summed E-state index contributed by atoms with van der Waals surface area (Å²) in [5, 5.41) is 21.4. The standard InChI is InChI=1S/C11H8BrF3N4/c1-2-3-10(5-16,6-17)7-19-4-8(12)9(18-19)11(13,14)15/h2,4H,1,3,7H2. The average Bonchev–Trinajstić information content (AvgIpc) is 2.69. The number of alkyl halides is 3. The lowest BCUT2D eigenvalue weighted by molar-refractivity contribution is -0.142. The molecule has 0 unspecified atom stereocenters. The molecule has 0 amide bonds. The largest absolute Gasteiger partial charge is 0.436 e. The lowest BCUT2D eigenvalue weighted by Crippen LogP contribution is -2.23. The second-order valence-corrected chi connectivity index (χ2v) is 4.67. The third-order valence-corrected chi connectivity index (χ3v) is 2.92. The topological polar surface area (TPSA) is 65.4 Å². The monoisotopic (exact) mass is 332 g/mol.